The first-order chi connectivity index (χ1) is 10.6. The van der Waals surface area contributed by atoms with Gasteiger partial charge in [0.1, 0.15) is 0 Å². The van der Waals surface area contributed by atoms with Gasteiger partial charge in [0, 0.05) is 12.3 Å². The van der Waals surface area contributed by atoms with E-state index in [0.29, 0.717) is 23.1 Å². The first-order valence-corrected chi connectivity index (χ1v) is 9.22. The number of nitrogens with one attached hydrogen (secondary N) is 1. The van der Waals surface area contributed by atoms with Crippen molar-refractivity contribution in [2.45, 2.75) is 51.1 Å². The van der Waals surface area contributed by atoms with Crippen LogP contribution >= 0.6 is 11.8 Å². The van der Waals surface area contributed by atoms with E-state index in [1.165, 1.54) is 44.1 Å². The minimum Gasteiger partial charge on any atom is -0.493 e. The van der Waals surface area contributed by atoms with Crippen molar-refractivity contribution in [3.05, 3.63) is 15.9 Å². The Morgan fingerprint density at radius 3 is 2.68 bits per heavy atom. The molecule has 2 heterocycles. The molecular formula is C16H27N3O2S. The fourth-order valence-corrected chi connectivity index (χ4v) is 3.51. The van der Waals surface area contributed by atoms with Gasteiger partial charge < -0.3 is 15.0 Å². The fraction of sp³-hybridized carbons (Fsp3) is 0.750. The van der Waals surface area contributed by atoms with E-state index in [4.69, 9.17) is 0 Å². The molecule has 124 valence electrons. The number of nitrogens with zero attached hydrogens (tertiary/aromatic N) is 2. The maximum Gasteiger partial charge on any atom is 0.258 e. The molecule has 0 unspecified atom stereocenters. The van der Waals surface area contributed by atoms with Crippen LogP contribution in [0.4, 0.5) is 0 Å². The molecule has 0 aliphatic carbocycles. The molecule has 1 aliphatic heterocycles. The molecule has 5 nitrogen and oxygen atoms in total. The number of rotatable bonds is 7. The lowest BCUT2D eigenvalue weighted by Gasteiger charge is -2.25. The first kappa shape index (κ1) is 17.3. The zero-order valence-electron chi connectivity index (χ0n) is 13.6. The predicted molar refractivity (Wildman–Crippen MR) is 90.7 cm³/mol. The van der Waals surface area contributed by atoms with Crippen molar-refractivity contribution in [2.24, 2.45) is 5.92 Å². The van der Waals surface area contributed by atoms with E-state index in [0.717, 1.165) is 18.7 Å². The summed E-state index contributed by atoms with van der Waals surface area (Å²) >= 11 is 1.51. The van der Waals surface area contributed by atoms with Gasteiger partial charge in [0.05, 0.1) is 5.56 Å². The second-order valence-corrected chi connectivity index (χ2v) is 7.44. The predicted octanol–water partition coefficient (Wildman–Crippen LogP) is 2.64. The molecule has 6 heteroatoms. The van der Waals surface area contributed by atoms with Crippen LogP contribution in [0.3, 0.4) is 0 Å². The number of H-pyrrole nitrogens is 1. The van der Waals surface area contributed by atoms with E-state index in [1.54, 1.807) is 0 Å². The number of piperidine rings is 1. The summed E-state index contributed by atoms with van der Waals surface area (Å²) < 4.78 is 0. The summed E-state index contributed by atoms with van der Waals surface area (Å²) in [4.78, 5) is 21.4. The molecule has 0 amide bonds. The molecule has 1 aromatic heterocycles. The zero-order chi connectivity index (χ0) is 15.9. The standard InChI is InChI=1S/C16H27N3O2S/c1-12(2)6-7-13-14(20)17-16(18-15(13)21)22-11-10-19-8-4-3-5-9-19/h12H,3-11H2,1-2H3,(H2,17,18,20,21). The molecular weight excluding hydrogens is 298 g/mol. The maximum absolute atomic E-state index is 12.1. The molecule has 0 bridgehead atoms. The van der Waals surface area contributed by atoms with Crippen molar-refractivity contribution in [1.82, 2.24) is 14.9 Å². The Hall–Kier alpha value is -1.01. The van der Waals surface area contributed by atoms with E-state index in [-0.39, 0.29) is 11.4 Å². The third-order valence-corrected chi connectivity index (χ3v) is 4.89. The van der Waals surface area contributed by atoms with Crippen LogP contribution in [0.5, 0.6) is 5.88 Å². The van der Waals surface area contributed by atoms with Crippen LogP contribution in [0.25, 0.3) is 0 Å². The topological polar surface area (TPSA) is 69.2 Å². The zero-order valence-corrected chi connectivity index (χ0v) is 14.4. The van der Waals surface area contributed by atoms with Gasteiger partial charge in [0.15, 0.2) is 5.16 Å². The van der Waals surface area contributed by atoms with Crippen LogP contribution in [-0.2, 0) is 6.42 Å². The Labute approximate surface area is 136 Å². The lowest BCUT2D eigenvalue weighted by Crippen LogP contribution is -2.31. The summed E-state index contributed by atoms with van der Waals surface area (Å²) in [7, 11) is 0. The molecule has 0 aromatic carbocycles. The van der Waals surface area contributed by atoms with Crippen molar-refractivity contribution in [1.29, 1.82) is 0 Å². The third-order valence-electron chi connectivity index (χ3n) is 4.04. The van der Waals surface area contributed by atoms with Crippen molar-refractivity contribution in [3.8, 4) is 5.88 Å². The van der Waals surface area contributed by atoms with Crippen LogP contribution in [-0.4, -0.2) is 45.4 Å². The smallest absolute Gasteiger partial charge is 0.258 e. The van der Waals surface area contributed by atoms with E-state index < -0.39 is 0 Å². The Morgan fingerprint density at radius 2 is 2.05 bits per heavy atom. The number of thioether (sulfide) groups is 1. The van der Waals surface area contributed by atoms with Gasteiger partial charge in [-0.2, -0.15) is 4.98 Å². The fourth-order valence-electron chi connectivity index (χ4n) is 2.65. The highest BCUT2D eigenvalue weighted by molar-refractivity contribution is 7.99. The summed E-state index contributed by atoms with van der Waals surface area (Å²) in [6.07, 6.45) is 5.35. The second kappa shape index (κ2) is 8.58. The number of hydrogen-bond donors (Lipinski definition) is 2. The lowest BCUT2D eigenvalue weighted by molar-refractivity contribution is 0.242. The molecule has 1 aliphatic rings. The largest absolute Gasteiger partial charge is 0.493 e. The Kier molecular flexibility index (Phi) is 6.76. The summed E-state index contributed by atoms with van der Waals surface area (Å²) in [6.45, 7) is 7.55. The molecule has 0 atom stereocenters. The van der Waals surface area contributed by atoms with Gasteiger partial charge in [-0.15, -0.1) is 0 Å². The maximum atomic E-state index is 12.1. The average molecular weight is 325 g/mol. The highest BCUT2D eigenvalue weighted by Crippen LogP contribution is 2.19. The second-order valence-electron chi connectivity index (χ2n) is 6.36. The van der Waals surface area contributed by atoms with E-state index in [9.17, 15) is 9.90 Å². The number of aromatic hydroxyl groups is 1. The van der Waals surface area contributed by atoms with E-state index >= 15 is 0 Å². The Morgan fingerprint density at radius 1 is 1.32 bits per heavy atom. The minimum absolute atomic E-state index is 0.107. The van der Waals surface area contributed by atoms with Crippen LogP contribution in [0, 0.1) is 5.92 Å². The SMILES string of the molecule is CC(C)CCc1c(O)nc(SCCN2CCCCC2)[nH]c1=O. The number of likely N-dealkylation sites (tertiary alicyclic amines) is 1. The van der Waals surface area contributed by atoms with Gasteiger partial charge in [0.25, 0.3) is 5.56 Å². The summed E-state index contributed by atoms with van der Waals surface area (Å²) in [5, 5.41) is 10.5. The summed E-state index contributed by atoms with van der Waals surface area (Å²) in [6, 6.07) is 0. The van der Waals surface area contributed by atoms with Gasteiger partial charge in [-0.1, -0.05) is 32.0 Å². The first-order valence-electron chi connectivity index (χ1n) is 8.23. The third kappa shape index (κ3) is 5.32. The molecule has 22 heavy (non-hydrogen) atoms. The molecule has 0 spiro atoms. The van der Waals surface area contributed by atoms with E-state index in [1.807, 2.05) is 0 Å². The lowest BCUT2D eigenvalue weighted by atomic mass is 10.0. The normalized spacial score (nSPS) is 16.3. The van der Waals surface area contributed by atoms with Crippen LogP contribution in [0.2, 0.25) is 0 Å². The van der Waals surface area contributed by atoms with Crippen LogP contribution in [0.15, 0.2) is 9.95 Å². The highest BCUT2D eigenvalue weighted by Gasteiger charge is 2.13. The molecule has 0 saturated carbocycles. The molecule has 2 rings (SSSR count). The van der Waals surface area contributed by atoms with E-state index in [2.05, 4.69) is 28.7 Å². The van der Waals surface area contributed by atoms with Gasteiger partial charge >= 0.3 is 0 Å². The summed E-state index contributed by atoms with van der Waals surface area (Å²) in [5.41, 5.74) is 0.211. The van der Waals surface area contributed by atoms with Gasteiger partial charge in [0.2, 0.25) is 5.88 Å². The van der Waals surface area contributed by atoms with Crippen molar-refractivity contribution in [2.75, 3.05) is 25.4 Å². The van der Waals surface area contributed by atoms with Crippen LogP contribution < -0.4 is 5.56 Å². The van der Waals surface area contributed by atoms with Crippen molar-refractivity contribution >= 4 is 11.8 Å². The van der Waals surface area contributed by atoms with Gasteiger partial charge in [-0.25, -0.2) is 0 Å². The number of aromatic nitrogens is 2. The Balaban J connectivity index is 1.87. The molecule has 2 N–H and O–H groups in total. The quantitative estimate of drug-likeness (QED) is 0.596. The number of aromatic amines is 1. The highest BCUT2D eigenvalue weighted by atomic mass is 32.2. The van der Waals surface area contributed by atoms with Crippen molar-refractivity contribution in [3.63, 3.8) is 0 Å². The molecule has 1 aromatic rings. The van der Waals surface area contributed by atoms with Crippen molar-refractivity contribution < 1.29 is 5.11 Å². The Bertz CT molecular complexity index is 525. The molecule has 1 saturated heterocycles. The monoisotopic (exact) mass is 325 g/mol. The average Bonchev–Trinajstić information content (AvgIpc) is 2.47. The number of hydrogen-bond acceptors (Lipinski definition) is 5. The molecule has 1 fully saturated rings. The molecule has 0 radical (unpaired) electrons. The van der Waals surface area contributed by atoms with Gasteiger partial charge in [-0.05, 0) is 44.7 Å². The minimum atomic E-state index is -0.200. The van der Waals surface area contributed by atoms with Gasteiger partial charge in [-0.3, -0.25) is 4.79 Å². The van der Waals surface area contributed by atoms with Crippen LogP contribution in [0.1, 0.15) is 45.1 Å². The summed E-state index contributed by atoms with van der Waals surface area (Å²) in [5.74, 6) is 1.27.